The molecule has 0 saturated heterocycles. The Bertz CT molecular complexity index is 707. The van der Waals surface area contributed by atoms with E-state index in [2.05, 4.69) is 20.7 Å². The number of benzene rings is 1. The van der Waals surface area contributed by atoms with Crippen molar-refractivity contribution in [3.8, 4) is 5.75 Å². The lowest BCUT2D eigenvalue weighted by molar-refractivity contribution is -0.153. The van der Waals surface area contributed by atoms with Gasteiger partial charge in [-0.1, -0.05) is 18.2 Å². The summed E-state index contributed by atoms with van der Waals surface area (Å²) in [5.41, 5.74) is 0.593. The topological polar surface area (TPSA) is 63.5 Å². The van der Waals surface area contributed by atoms with Gasteiger partial charge in [-0.15, -0.1) is 24.0 Å². The van der Waals surface area contributed by atoms with E-state index >= 15 is 0 Å². The summed E-state index contributed by atoms with van der Waals surface area (Å²) in [5.74, 6) is 0.789. The van der Waals surface area contributed by atoms with Crippen LogP contribution in [0.25, 0.3) is 0 Å². The first-order chi connectivity index (χ1) is 13.0. The molecule has 0 spiro atoms. The Morgan fingerprint density at radius 1 is 1.21 bits per heavy atom. The number of aryl methyl sites for hydroxylation is 1. The Kier molecular flexibility index (Phi) is 10.7. The van der Waals surface area contributed by atoms with Crippen molar-refractivity contribution in [3.63, 3.8) is 0 Å². The van der Waals surface area contributed by atoms with Crippen molar-refractivity contribution >= 4 is 29.9 Å². The first-order valence-corrected chi connectivity index (χ1v) is 8.75. The number of rotatable bonds is 9. The summed E-state index contributed by atoms with van der Waals surface area (Å²) >= 11 is 0. The van der Waals surface area contributed by atoms with Crippen LogP contribution in [0.3, 0.4) is 0 Å². The molecule has 0 aliphatic heterocycles. The third-order valence-corrected chi connectivity index (χ3v) is 3.53. The SMILES string of the molecule is CCNC(=NCc1ccccc1OCC(F)(F)F)NCCCn1cccn1.I. The number of nitrogens with one attached hydrogen (secondary N) is 2. The number of alkyl halides is 3. The van der Waals surface area contributed by atoms with Crippen LogP contribution in [0, 0.1) is 0 Å². The number of ether oxygens (including phenoxy) is 1. The van der Waals surface area contributed by atoms with Gasteiger partial charge in [0.1, 0.15) is 5.75 Å². The van der Waals surface area contributed by atoms with Crippen LogP contribution in [-0.2, 0) is 13.1 Å². The highest BCUT2D eigenvalue weighted by molar-refractivity contribution is 14.0. The molecule has 1 heterocycles. The van der Waals surface area contributed by atoms with Gasteiger partial charge in [-0.05, 0) is 25.5 Å². The second-order valence-electron chi connectivity index (χ2n) is 5.76. The molecule has 0 radical (unpaired) electrons. The third-order valence-electron chi connectivity index (χ3n) is 3.53. The lowest BCUT2D eigenvalue weighted by atomic mass is 10.2. The van der Waals surface area contributed by atoms with Gasteiger partial charge in [-0.3, -0.25) is 4.68 Å². The maximum absolute atomic E-state index is 12.4. The fraction of sp³-hybridized carbons (Fsp3) is 0.444. The molecule has 2 rings (SSSR count). The maximum atomic E-state index is 12.4. The van der Waals surface area contributed by atoms with E-state index in [1.54, 1.807) is 24.4 Å². The third kappa shape index (κ3) is 9.29. The number of aliphatic imine (C=N–C) groups is 1. The molecule has 0 saturated carbocycles. The lowest BCUT2D eigenvalue weighted by Gasteiger charge is -2.14. The lowest BCUT2D eigenvalue weighted by Crippen LogP contribution is -2.38. The van der Waals surface area contributed by atoms with Crippen molar-refractivity contribution in [3.05, 3.63) is 48.3 Å². The fourth-order valence-corrected chi connectivity index (χ4v) is 2.32. The van der Waals surface area contributed by atoms with Crippen LogP contribution in [0.4, 0.5) is 13.2 Å². The van der Waals surface area contributed by atoms with Crippen LogP contribution in [0.15, 0.2) is 47.7 Å². The average molecular weight is 511 g/mol. The number of para-hydroxylation sites is 1. The van der Waals surface area contributed by atoms with Crippen LogP contribution in [0.5, 0.6) is 5.75 Å². The van der Waals surface area contributed by atoms with E-state index in [1.807, 2.05) is 23.9 Å². The van der Waals surface area contributed by atoms with Crippen molar-refractivity contribution in [2.24, 2.45) is 4.99 Å². The normalized spacial score (nSPS) is 11.6. The van der Waals surface area contributed by atoms with Gasteiger partial charge in [-0.25, -0.2) is 4.99 Å². The number of hydrogen-bond donors (Lipinski definition) is 2. The fourth-order valence-electron chi connectivity index (χ4n) is 2.32. The Morgan fingerprint density at radius 3 is 2.68 bits per heavy atom. The summed E-state index contributed by atoms with van der Waals surface area (Å²) in [6.07, 6.45) is 0.118. The van der Waals surface area contributed by atoms with Gasteiger partial charge in [0.25, 0.3) is 0 Å². The van der Waals surface area contributed by atoms with E-state index in [0.29, 0.717) is 24.6 Å². The predicted molar refractivity (Wildman–Crippen MR) is 113 cm³/mol. The summed E-state index contributed by atoms with van der Waals surface area (Å²) in [6.45, 7) is 2.99. The molecular weight excluding hydrogens is 486 g/mol. The standard InChI is InChI=1S/C18H24F3N5O.HI/c1-2-22-17(23-9-5-11-26-12-6-10-25-26)24-13-15-7-3-4-8-16(15)27-14-18(19,20)21;/h3-4,6-8,10,12H,2,5,9,11,13-14H2,1H3,(H2,22,23,24);1H. The molecule has 2 aromatic rings. The summed E-state index contributed by atoms with van der Waals surface area (Å²) in [4.78, 5) is 4.43. The molecule has 28 heavy (non-hydrogen) atoms. The molecular formula is C18H25F3IN5O. The van der Waals surface area contributed by atoms with E-state index in [4.69, 9.17) is 4.74 Å². The second-order valence-corrected chi connectivity index (χ2v) is 5.76. The largest absolute Gasteiger partial charge is 0.484 e. The number of halogens is 4. The Labute approximate surface area is 179 Å². The monoisotopic (exact) mass is 511 g/mol. The van der Waals surface area contributed by atoms with Crippen LogP contribution in [-0.4, -0.2) is 41.6 Å². The van der Waals surface area contributed by atoms with E-state index in [9.17, 15) is 13.2 Å². The molecule has 0 unspecified atom stereocenters. The average Bonchev–Trinajstić information content (AvgIpc) is 3.15. The highest BCUT2D eigenvalue weighted by Crippen LogP contribution is 2.22. The van der Waals surface area contributed by atoms with Gasteiger partial charge in [0.15, 0.2) is 12.6 Å². The van der Waals surface area contributed by atoms with Crippen LogP contribution < -0.4 is 15.4 Å². The molecule has 0 amide bonds. The quantitative estimate of drug-likeness (QED) is 0.234. The Morgan fingerprint density at radius 2 is 2.00 bits per heavy atom. The maximum Gasteiger partial charge on any atom is 0.422 e. The summed E-state index contributed by atoms with van der Waals surface area (Å²) in [5, 5.41) is 10.5. The molecule has 2 N–H and O–H groups in total. The zero-order chi connectivity index (χ0) is 19.5. The Hall–Kier alpha value is -1.98. The molecule has 0 aliphatic carbocycles. The Balaban J connectivity index is 0.00000392. The second kappa shape index (κ2) is 12.5. The van der Waals surface area contributed by atoms with Crippen LogP contribution in [0.2, 0.25) is 0 Å². The number of guanidine groups is 1. The first-order valence-electron chi connectivity index (χ1n) is 8.75. The molecule has 1 aromatic carbocycles. The molecule has 0 fully saturated rings. The predicted octanol–water partition coefficient (Wildman–Crippen LogP) is 3.59. The molecule has 0 atom stereocenters. The summed E-state index contributed by atoms with van der Waals surface area (Å²) in [7, 11) is 0. The molecule has 6 nitrogen and oxygen atoms in total. The smallest absolute Gasteiger partial charge is 0.422 e. The minimum Gasteiger partial charge on any atom is -0.484 e. The van der Waals surface area contributed by atoms with E-state index in [0.717, 1.165) is 13.0 Å². The molecule has 0 aliphatic rings. The summed E-state index contributed by atoms with van der Waals surface area (Å²) in [6, 6.07) is 8.47. The van der Waals surface area contributed by atoms with Crippen molar-refractivity contribution in [2.45, 2.75) is 32.6 Å². The zero-order valence-electron chi connectivity index (χ0n) is 15.6. The van der Waals surface area contributed by atoms with Crippen molar-refractivity contribution < 1.29 is 17.9 Å². The van der Waals surface area contributed by atoms with Gasteiger partial charge in [0.05, 0.1) is 6.54 Å². The molecule has 0 bridgehead atoms. The molecule has 10 heteroatoms. The van der Waals surface area contributed by atoms with E-state index in [1.165, 1.54) is 6.07 Å². The van der Waals surface area contributed by atoms with Gasteiger partial charge in [-0.2, -0.15) is 18.3 Å². The van der Waals surface area contributed by atoms with Gasteiger partial charge < -0.3 is 15.4 Å². The van der Waals surface area contributed by atoms with E-state index < -0.39 is 12.8 Å². The van der Waals surface area contributed by atoms with Crippen LogP contribution >= 0.6 is 24.0 Å². The highest BCUT2D eigenvalue weighted by atomic mass is 127. The number of hydrogen-bond acceptors (Lipinski definition) is 3. The van der Waals surface area contributed by atoms with Crippen LogP contribution in [0.1, 0.15) is 18.9 Å². The van der Waals surface area contributed by atoms with Gasteiger partial charge in [0.2, 0.25) is 0 Å². The van der Waals surface area contributed by atoms with Gasteiger partial charge >= 0.3 is 6.18 Å². The highest BCUT2D eigenvalue weighted by Gasteiger charge is 2.28. The molecule has 156 valence electrons. The van der Waals surface area contributed by atoms with Crippen molar-refractivity contribution in [1.29, 1.82) is 0 Å². The zero-order valence-corrected chi connectivity index (χ0v) is 17.9. The van der Waals surface area contributed by atoms with Crippen molar-refractivity contribution in [1.82, 2.24) is 20.4 Å². The molecule has 1 aromatic heterocycles. The minimum absolute atomic E-state index is 0. The van der Waals surface area contributed by atoms with Crippen molar-refractivity contribution in [2.75, 3.05) is 19.7 Å². The first kappa shape index (κ1) is 24.1. The van der Waals surface area contributed by atoms with Gasteiger partial charge in [0, 0.05) is 37.6 Å². The number of nitrogens with zero attached hydrogens (tertiary/aromatic N) is 3. The van der Waals surface area contributed by atoms with E-state index in [-0.39, 0.29) is 36.3 Å². The summed E-state index contributed by atoms with van der Waals surface area (Å²) < 4.78 is 43.9. The minimum atomic E-state index is -4.37. The number of aromatic nitrogens is 2.